The molecule has 3 heterocycles. The van der Waals surface area contributed by atoms with E-state index in [1.54, 1.807) is 34.9 Å². The van der Waals surface area contributed by atoms with Gasteiger partial charge in [-0.25, -0.2) is 24.2 Å². The van der Waals surface area contributed by atoms with Crippen molar-refractivity contribution in [2.75, 3.05) is 11.9 Å². The van der Waals surface area contributed by atoms with Crippen LogP contribution in [0.4, 0.5) is 5.69 Å². The quantitative estimate of drug-likeness (QED) is 0.106. The normalized spacial score (nSPS) is 11.3. The van der Waals surface area contributed by atoms with Crippen LogP contribution in [0.1, 0.15) is 0 Å². The van der Waals surface area contributed by atoms with Crippen LogP contribution in [0.3, 0.4) is 0 Å². The number of nitrogens with zero attached hydrogens (tertiary/aromatic N) is 4. The Hall–Kier alpha value is -5.24. The molecule has 2 aromatic heterocycles. The summed E-state index contributed by atoms with van der Waals surface area (Å²) in [6, 6.07) is 57.8. The number of hydrogen-bond acceptors (Lipinski definition) is 6. The van der Waals surface area contributed by atoms with Crippen molar-refractivity contribution in [3.63, 3.8) is 0 Å². The third-order valence-corrected chi connectivity index (χ3v) is 8.50. The fourth-order valence-corrected chi connectivity index (χ4v) is 5.94. The summed E-state index contributed by atoms with van der Waals surface area (Å²) < 4.78 is 13.8. The SMILES string of the molecule is CN1C=CN(c2[c-]c(Oc3[c-]c(-c4cc(-c5[c-]c(Oc6[c-]ccc(Sc7ccccc7)c6)ccc5)[c-]cn4)ccc3)ccc2)[CH-]1.[C-]#Cn1cccc1.[Pt+4].[Pt]. The largest absolute Gasteiger partial charge is 4.00 e. The van der Waals surface area contributed by atoms with Gasteiger partial charge in [-0.2, -0.15) is 37.0 Å². The van der Waals surface area contributed by atoms with Crippen LogP contribution in [0.25, 0.3) is 22.4 Å². The number of hydrogen-bond donors (Lipinski definition) is 0. The van der Waals surface area contributed by atoms with Crippen molar-refractivity contribution < 1.29 is 51.6 Å². The van der Waals surface area contributed by atoms with E-state index in [0.29, 0.717) is 23.0 Å². The van der Waals surface area contributed by atoms with E-state index >= 15 is 0 Å². The average molecular weight is 1080 g/mol. The fourth-order valence-electron chi connectivity index (χ4n) is 5.07. The molecule has 0 unspecified atom stereocenters. The van der Waals surface area contributed by atoms with Gasteiger partial charge in [0.2, 0.25) is 0 Å². The minimum atomic E-state index is 0. The maximum atomic E-state index is 6.57. The molecule has 270 valence electrons. The maximum Gasteiger partial charge on any atom is 4.00 e. The van der Waals surface area contributed by atoms with E-state index in [2.05, 4.69) is 53.5 Å². The van der Waals surface area contributed by atoms with Gasteiger partial charge in [0.15, 0.2) is 0 Å². The van der Waals surface area contributed by atoms with Crippen molar-refractivity contribution in [2.24, 2.45) is 0 Å². The van der Waals surface area contributed by atoms with Gasteiger partial charge in [-0.1, -0.05) is 41.1 Å². The molecule has 0 N–H and O–H groups in total. The molecule has 7 aromatic rings. The molecule has 5 aromatic carbocycles. The van der Waals surface area contributed by atoms with Gasteiger partial charge in [0.1, 0.15) is 0 Å². The van der Waals surface area contributed by atoms with E-state index in [4.69, 9.17) is 15.9 Å². The van der Waals surface area contributed by atoms with E-state index in [-0.39, 0.29) is 42.1 Å². The predicted octanol–water partition coefficient (Wildman–Crippen LogP) is 10.4. The second-order valence-electron chi connectivity index (χ2n) is 11.3. The van der Waals surface area contributed by atoms with Crippen LogP contribution in [0.2, 0.25) is 0 Å². The summed E-state index contributed by atoms with van der Waals surface area (Å²) in [6.45, 7) is 1.97. The smallest absolute Gasteiger partial charge is 0.669 e. The second kappa shape index (κ2) is 19.7. The first-order valence-corrected chi connectivity index (χ1v) is 17.0. The summed E-state index contributed by atoms with van der Waals surface area (Å²) in [5.74, 6) is 2.38. The van der Waals surface area contributed by atoms with Crippen molar-refractivity contribution in [1.29, 1.82) is 0 Å². The Kier molecular flexibility index (Phi) is 14.6. The average Bonchev–Trinajstić information content (AvgIpc) is 3.89. The molecule has 1 aliphatic rings. The Morgan fingerprint density at radius 2 is 1.37 bits per heavy atom. The van der Waals surface area contributed by atoms with Gasteiger partial charge in [-0.15, -0.1) is 77.6 Å². The number of aromatic nitrogens is 2. The predicted molar refractivity (Wildman–Crippen MR) is 204 cm³/mol. The van der Waals surface area contributed by atoms with Crippen LogP contribution < -0.4 is 14.4 Å². The summed E-state index contributed by atoms with van der Waals surface area (Å²) in [5.41, 5.74) is 4.09. The zero-order valence-electron chi connectivity index (χ0n) is 28.7. The van der Waals surface area contributed by atoms with Gasteiger partial charge in [0.05, 0.1) is 0 Å². The Bertz CT molecular complexity index is 2330. The zero-order chi connectivity index (χ0) is 35.5. The van der Waals surface area contributed by atoms with Crippen LogP contribution in [0.15, 0.2) is 162 Å². The van der Waals surface area contributed by atoms with Crippen molar-refractivity contribution >= 4 is 17.4 Å². The van der Waals surface area contributed by atoms with Crippen molar-refractivity contribution in [1.82, 2.24) is 14.5 Å². The molecule has 0 fully saturated rings. The third-order valence-electron chi connectivity index (χ3n) is 7.51. The Balaban J connectivity index is 0.000000562. The monoisotopic (exact) mass is 1080 g/mol. The van der Waals surface area contributed by atoms with Gasteiger partial charge in [0.25, 0.3) is 0 Å². The number of anilines is 1. The molecule has 0 aliphatic carbocycles. The molecule has 0 atom stereocenters. The van der Waals surface area contributed by atoms with E-state index in [1.165, 1.54) is 0 Å². The van der Waals surface area contributed by atoms with Crippen molar-refractivity contribution in [3.05, 3.63) is 196 Å². The van der Waals surface area contributed by atoms with E-state index in [0.717, 1.165) is 37.9 Å². The van der Waals surface area contributed by atoms with E-state index < -0.39 is 0 Å². The molecule has 0 radical (unpaired) electrons. The minimum Gasteiger partial charge on any atom is -0.669 e. The molecule has 0 bridgehead atoms. The zero-order valence-corrected chi connectivity index (χ0v) is 34.0. The van der Waals surface area contributed by atoms with Gasteiger partial charge >= 0.3 is 21.1 Å². The first kappa shape index (κ1) is 40.0. The third kappa shape index (κ3) is 10.9. The van der Waals surface area contributed by atoms with Gasteiger partial charge in [-0.3, -0.25) is 11.1 Å². The number of pyridine rings is 1. The fraction of sp³-hybridized carbons (Fsp3) is 0.0222. The summed E-state index contributed by atoms with van der Waals surface area (Å²) in [7, 11) is 1.98. The molecule has 0 saturated heterocycles. The molecule has 54 heavy (non-hydrogen) atoms. The maximum absolute atomic E-state index is 6.57. The standard InChI is InChI=1S/C39H25N3O2S.C6H4N.2Pt/c1-41-21-22-42(28-41)32-11-7-14-35(26-32)43-34-13-6-10-31(24-34)39-25-30(19-20-40-39)29-9-5-12-33(23-29)44-36-15-8-18-38(27-36)45-37-16-3-2-4-17-37;1-2-7-5-3-4-6-7;;/h2-14,16-18,20-22,25,27-28H,1H3;3-6H;;/q-6;-1;;+4. The first-order chi connectivity index (χ1) is 25.6. The number of benzene rings is 5. The van der Waals surface area contributed by atoms with Gasteiger partial charge in [-0.05, 0) is 43.7 Å². The van der Waals surface area contributed by atoms with Crippen LogP contribution >= 0.6 is 11.8 Å². The van der Waals surface area contributed by atoms with E-state index in [9.17, 15) is 0 Å². The molecule has 8 rings (SSSR count). The van der Waals surface area contributed by atoms with E-state index in [1.807, 2.05) is 145 Å². The molecule has 0 amide bonds. The van der Waals surface area contributed by atoms with Crippen LogP contribution in [-0.2, 0) is 42.1 Å². The number of rotatable bonds is 9. The molecule has 0 saturated carbocycles. The summed E-state index contributed by atoms with van der Waals surface area (Å²) >= 11 is 1.68. The second-order valence-corrected chi connectivity index (χ2v) is 12.4. The Morgan fingerprint density at radius 3 is 2.07 bits per heavy atom. The van der Waals surface area contributed by atoms with Crippen LogP contribution in [0, 0.1) is 49.5 Å². The van der Waals surface area contributed by atoms with Crippen LogP contribution in [-0.4, -0.2) is 21.5 Å². The van der Waals surface area contributed by atoms with Crippen molar-refractivity contribution in [3.8, 4) is 51.4 Å². The Labute approximate surface area is 350 Å². The summed E-state index contributed by atoms with van der Waals surface area (Å²) in [6.07, 6.45) is 15.7. The van der Waals surface area contributed by atoms with Gasteiger partial charge in [0, 0.05) is 61.4 Å². The Morgan fingerprint density at radius 1 is 0.685 bits per heavy atom. The number of ether oxygens (including phenoxy) is 2. The molecule has 0 spiro atoms. The first-order valence-electron chi connectivity index (χ1n) is 16.2. The topological polar surface area (TPSA) is 42.8 Å². The molecular weight excluding hydrogens is 1050 g/mol. The molecular formula is C45H29N4O2Pt2S-3. The molecule has 6 nitrogen and oxygen atoms in total. The minimum absolute atomic E-state index is 0. The molecule has 9 heteroatoms. The van der Waals surface area contributed by atoms with Gasteiger partial charge < -0.3 is 35.2 Å². The summed E-state index contributed by atoms with van der Waals surface area (Å²) in [5, 5.41) is 0. The van der Waals surface area contributed by atoms with Crippen molar-refractivity contribution in [2.45, 2.75) is 9.79 Å². The summed E-state index contributed by atoms with van der Waals surface area (Å²) in [4.78, 5) is 10.8. The van der Waals surface area contributed by atoms with Crippen LogP contribution in [0.5, 0.6) is 23.0 Å². The molecule has 1 aliphatic heterocycles.